The Morgan fingerprint density at radius 2 is 1.90 bits per heavy atom. The summed E-state index contributed by atoms with van der Waals surface area (Å²) < 4.78 is 0. The van der Waals surface area contributed by atoms with E-state index < -0.39 is 0 Å². The summed E-state index contributed by atoms with van der Waals surface area (Å²) >= 11 is 0. The molecule has 1 aromatic heterocycles. The average Bonchev–Trinajstić information content (AvgIpc) is 2.53. The molecule has 1 heterocycles. The summed E-state index contributed by atoms with van der Waals surface area (Å²) in [7, 11) is 2.14. The number of pyridine rings is 1. The van der Waals surface area contributed by atoms with E-state index in [0.29, 0.717) is 6.04 Å². The highest BCUT2D eigenvalue weighted by molar-refractivity contribution is 5.94. The third-order valence-electron chi connectivity index (χ3n) is 4.18. The van der Waals surface area contributed by atoms with Crippen LogP contribution < -0.4 is 10.2 Å². The van der Waals surface area contributed by atoms with Gasteiger partial charge in [0.25, 0.3) is 0 Å². The number of hydrogen-bond donors (Lipinski definition) is 1. The van der Waals surface area contributed by atoms with Gasteiger partial charge in [-0.15, -0.1) is 0 Å². The average molecular weight is 285 g/mol. The van der Waals surface area contributed by atoms with Crippen molar-refractivity contribution < 1.29 is 0 Å². The van der Waals surface area contributed by atoms with Crippen LogP contribution in [-0.4, -0.2) is 24.6 Å². The van der Waals surface area contributed by atoms with Crippen LogP contribution >= 0.6 is 0 Å². The highest BCUT2D eigenvalue weighted by Crippen LogP contribution is 2.28. The van der Waals surface area contributed by atoms with Crippen LogP contribution in [0.4, 0.5) is 5.82 Å². The Labute approximate surface area is 128 Å². The molecule has 0 bridgehead atoms. The van der Waals surface area contributed by atoms with Crippen molar-refractivity contribution in [3.8, 4) is 0 Å². The maximum atomic E-state index is 4.74. The summed E-state index contributed by atoms with van der Waals surface area (Å²) in [5.74, 6) is 1.08. The summed E-state index contributed by atoms with van der Waals surface area (Å²) in [6.45, 7) is 8.57. The Bertz CT molecular complexity index is 580. The number of benzene rings is 1. The molecular weight excluding hydrogens is 258 g/mol. The van der Waals surface area contributed by atoms with E-state index in [1.807, 2.05) is 6.20 Å². The number of fused-ring (bicyclic) bond motifs is 1. The summed E-state index contributed by atoms with van der Waals surface area (Å²) in [4.78, 5) is 7.02. The lowest BCUT2D eigenvalue weighted by Gasteiger charge is -2.26. The normalized spacial score (nSPS) is 12.6. The van der Waals surface area contributed by atoms with Crippen LogP contribution in [0.15, 0.2) is 30.5 Å². The van der Waals surface area contributed by atoms with Crippen LogP contribution in [0.2, 0.25) is 0 Å². The summed E-state index contributed by atoms with van der Waals surface area (Å²) in [6, 6.07) is 9.08. The minimum atomic E-state index is 0.491. The predicted octanol–water partition coefficient (Wildman–Crippen LogP) is 3.97. The van der Waals surface area contributed by atoms with Gasteiger partial charge in [-0.25, -0.2) is 4.98 Å². The van der Waals surface area contributed by atoms with Gasteiger partial charge in [-0.05, 0) is 37.3 Å². The fraction of sp³-hybridized carbons (Fsp3) is 0.500. The number of nitrogens with zero attached hydrogens (tertiary/aromatic N) is 2. The van der Waals surface area contributed by atoms with Gasteiger partial charge in [0.05, 0.1) is 0 Å². The maximum Gasteiger partial charge on any atom is 0.136 e. The molecule has 1 aromatic carbocycles. The molecule has 3 heteroatoms. The van der Waals surface area contributed by atoms with Gasteiger partial charge >= 0.3 is 0 Å². The van der Waals surface area contributed by atoms with Gasteiger partial charge in [0, 0.05) is 31.2 Å². The molecular formula is C18H27N3. The van der Waals surface area contributed by atoms with Crippen LogP contribution in [0.5, 0.6) is 0 Å². The number of hydrogen-bond acceptors (Lipinski definition) is 3. The molecule has 0 spiro atoms. The summed E-state index contributed by atoms with van der Waals surface area (Å²) in [6.07, 6.45) is 4.30. The van der Waals surface area contributed by atoms with Crippen molar-refractivity contribution in [1.29, 1.82) is 0 Å². The molecule has 1 unspecified atom stereocenters. The zero-order valence-electron chi connectivity index (χ0n) is 13.7. The van der Waals surface area contributed by atoms with Crippen LogP contribution in [0.25, 0.3) is 10.8 Å². The molecule has 0 aliphatic heterocycles. The number of aromatic nitrogens is 1. The zero-order chi connectivity index (χ0) is 15.2. The van der Waals surface area contributed by atoms with Crippen LogP contribution in [-0.2, 0) is 6.54 Å². The van der Waals surface area contributed by atoms with Crippen molar-refractivity contribution in [3.63, 3.8) is 0 Å². The number of rotatable bonds is 7. The largest absolute Gasteiger partial charge is 0.356 e. The first-order chi connectivity index (χ1) is 10.2. The molecule has 0 aliphatic carbocycles. The molecule has 2 aromatic rings. The first kappa shape index (κ1) is 15.8. The topological polar surface area (TPSA) is 28.2 Å². The highest BCUT2D eigenvalue weighted by atomic mass is 15.2. The van der Waals surface area contributed by atoms with Crippen LogP contribution in [0.1, 0.15) is 39.2 Å². The van der Waals surface area contributed by atoms with Gasteiger partial charge in [-0.3, -0.25) is 0 Å². The Morgan fingerprint density at radius 3 is 2.57 bits per heavy atom. The van der Waals surface area contributed by atoms with Crippen LogP contribution in [0.3, 0.4) is 0 Å². The van der Waals surface area contributed by atoms with Crippen molar-refractivity contribution in [1.82, 2.24) is 10.3 Å². The van der Waals surface area contributed by atoms with E-state index in [0.717, 1.165) is 31.7 Å². The minimum absolute atomic E-state index is 0.491. The molecule has 114 valence electrons. The summed E-state index contributed by atoms with van der Waals surface area (Å²) in [5.41, 5.74) is 1.28. The van der Waals surface area contributed by atoms with Crippen molar-refractivity contribution in [2.75, 3.05) is 18.5 Å². The van der Waals surface area contributed by atoms with E-state index in [1.54, 1.807) is 0 Å². The first-order valence-electron chi connectivity index (χ1n) is 7.99. The smallest absolute Gasteiger partial charge is 0.136 e. The van der Waals surface area contributed by atoms with Gasteiger partial charge in [0.15, 0.2) is 0 Å². The van der Waals surface area contributed by atoms with E-state index in [-0.39, 0.29) is 0 Å². The van der Waals surface area contributed by atoms with Crippen molar-refractivity contribution in [2.45, 2.75) is 46.2 Å². The van der Waals surface area contributed by atoms with Gasteiger partial charge in [-0.2, -0.15) is 0 Å². The Balaban J connectivity index is 2.39. The summed E-state index contributed by atoms with van der Waals surface area (Å²) in [5, 5.41) is 6.03. The predicted molar refractivity (Wildman–Crippen MR) is 91.9 cm³/mol. The van der Waals surface area contributed by atoms with Crippen molar-refractivity contribution in [3.05, 3.63) is 36.0 Å². The molecule has 3 nitrogen and oxygen atoms in total. The second-order valence-electron chi connectivity index (χ2n) is 5.70. The lowest BCUT2D eigenvalue weighted by atomic mass is 10.1. The zero-order valence-corrected chi connectivity index (χ0v) is 13.7. The Kier molecular flexibility index (Phi) is 5.57. The highest BCUT2D eigenvalue weighted by Gasteiger charge is 2.14. The fourth-order valence-corrected chi connectivity index (χ4v) is 2.54. The molecule has 0 amide bonds. The Hall–Kier alpha value is -1.61. The molecule has 0 fully saturated rings. The quantitative estimate of drug-likeness (QED) is 0.780. The second kappa shape index (κ2) is 7.41. The van der Waals surface area contributed by atoms with E-state index in [1.165, 1.54) is 16.3 Å². The molecule has 2 rings (SSSR count). The first-order valence-corrected chi connectivity index (χ1v) is 7.99. The van der Waals surface area contributed by atoms with Gasteiger partial charge < -0.3 is 10.2 Å². The van der Waals surface area contributed by atoms with Crippen LogP contribution in [0, 0.1) is 0 Å². The lowest BCUT2D eigenvalue weighted by molar-refractivity contribution is 0.657. The van der Waals surface area contributed by atoms with Crippen molar-refractivity contribution >= 4 is 16.6 Å². The van der Waals surface area contributed by atoms with E-state index in [9.17, 15) is 0 Å². The van der Waals surface area contributed by atoms with E-state index >= 15 is 0 Å². The molecule has 0 saturated carbocycles. The third-order valence-corrected chi connectivity index (χ3v) is 4.18. The van der Waals surface area contributed by atoms with Gasteiger partial charge in [0.2, 0.25) is 0 Å². The minimum Gasteiger partial charge on any atom is -0.356 e. The molecule has 0 radical (unpaired) electrons. The molecule has 21 heavy (non-hydrogen) atoms. The van der Waals surface area contributed by atoms with Gasteiger partial charge in [0.1, 0.15) is 5.82 Å². The lowest BCUT2D eigenvalue weighted by Crippen LogP contribution is -2.29. The molecule has 1 N–H and O–H groups in total. The monoisotopic (exact) mass is 285 g/mol. The van der Waals surface area contributed by atoms with Crippen molar-refractivity contribution in [2.24, 2.45) is 0 Å². The number of nitrogens with one attached hydrogen (secondary N) is 1. The second-order valence-corrected chi connectivity index (χ2v) is 5.70. The third kappa shape index (κ3) is 3.53. The van der Waals surface area contributed by atoms with Gasteiger partial charge in [-0.1, -0.05) is 38.1 Å². The molecule has 1 atom stereocenters. The molecule has 0 aliphatic rings. The fourth-order valence-electron chi connectivity index (χ4n) is 2.54. The maximum absolute atomic E-state index is 4.74. The molecule has 0 saturated heterocycles. The Morgan fingerprint density at radius 1 is 1.19 bits per heavy atom. The number of anilines is 1. The standard InChI is InChI=1S/C18H27N3/c1-5-11-19-12-15-13-20-18(21(4)14(3)6-2)17-10-8-7-9-16(15)17/h7-10,13-14,19H,5-6,11-12H2,1-4H3. The van der Waals surface area contributed by atoms with E-state index in [2.05, 4.69) is 62.3 Å². The van der Waals surface area contributed by atoms with E-state index in [4.69, 9.17) is 4.98 Å². The SMILES string of the molecule is CCCNCc1cnc(N(C)C(C)CC)c2ccccc12.